The SMILES string of the molecule is CCc1ccc(CNC(=NC)NCCCN2CCCC2C(=O)N(C)C)s1. The summed E-state index contributed by atoms with van der Waals surface area (Å²) in [5.41, 5.74) is 0. The molecule has 1 aromatic rings. The minimum atomic E-state index is 0.0639. The predicted octanol–water partition coefficient (Wildman–Crippen LogP) is 1.92. The average Bonchev–Trinajstić information content (AvgIpc) is 3.29. The van der Waals surface area contributed by atoms with E-state index in [1.807, 2.05) is 25.4 Å². The van der Waals surface area contributed by atoms with Gasteiger partial charge >= 0.3 is 0 Å². The summed E-state index contributed by atoms with van der Waals surface area (Å²) in [5.74, 6) is 1.06. The van der Waals surface area contributed by atoms with Crippen LogP contribution in [-0.2, 0) is 17.8 Å². The Labute approximate surface area is 161 Å². The predicted molar refractivity (Wildman–Crippen MR) is 110 cm³/mol. The summed E-state index contributed by atoms with van der Waals surface area (Å²) >= 11 is 1.85. The zero-order chi connectivity index (χ0) is 18.9. The highest BCUT2D eigenvalue weighted by Crippen LogP contribution is 2.19. The Morgan fingerprint density at radius 3 is 2.77 bits per heavy atom. The lowest BCUT2D eigenvalue weighted by molar-refractivity contribution is -0.133. The number of carbonyl (C=O) groups excluding carboxylic acids is 1. The van der Waals surface area contributed by atoms with Crippen LogP contribution in [0.15, 0.2) is 17.1 Å². The molecule has 7 heteroatoms. The van der Waals surface area contributed by atoms with Crippen molar-refractivity contribution in [1.29, 1.82) is 0 Å². The van der Waals surface area contributed by atoms with Crippen molar-refractivity contribution in [3.63, 3.8) is 0 Å². The van der Waals surface area contributed by atoms with E-state index in [4.69, 9.17) is 0 Å². The first kappa shape index (κ1) is 20.7. The molecular formula is C19H33N5OS. The molecule has 6 nitrogen and oxygen atoms in total. The van der Waals surface area contributed by atoms with E-state index in [1.165, 1.54) is 9.75 Å². The molecule has 1 atom stereocenters. The van der Waals surface area contributed by atoms with Gasteiger partial charge in [-0.05, 0) is 44.4 Å². The van der Waals surface area contributed by atoms with Gasteiger partial charge in [-0.25, -0.2) is 0 Å². The summed E-state index contributed by atoms with van der Waals surface area (Å²) in [5, 5.41) is 6.74. The van der Waals surface area contributed by atoms with E-state index < -0.39 is 0 Å². The van der Waals surface area contributed by atoms with Crippen LogP contribution in [0.25, 0.3) is 0 Å². The standard InChI is InChI=1S/C19H33N5OS/c1-5-15-9-10-16(26-15)14-22-19(20-2)21-11-7-13-24-12-6-8-17(24)18(25)23(3)4/h9-10,17H,5-8,11-14H2,1-4H3,(H2,20,21,22). The Hall–Kier alpha value is -1.60. The van der Waals surface area contributed by atoms with Crippen LogP contribution in [0.5, 0.6) is 0 Å². The third kappa shape index (κ3) is 5.99. The van der Waals surface area contributed by atoms with E-state index in [1.54, 1.807) is 11.9 Å². The van der Waals surface area contributed by atoms with Crippen molar-refractivity contribution in [2.45, 2.75) is 45.2 Å². The maximum atomic E-state index is 12.2. The van der Waals surface area contributed by atoms with Gasteiger partial charge in [0, 0.05) is 44.0 Å². The summed E-state index contributed by atoms with van der Waals surface area (Å²) < 4.78 is 0. The molecule has 2 rings (SSSR count). The maximum Gasteiger partial charge on any atom is 0.239 e. The van der Waals surface area contributed by atoms with Gasteiger partial charge < -0.3 is 15.5 Å². The molecular weight excluding hydrogens is 346 g/mol. The van der Waals surface area contributed by atoms with Gasteiger partial charge in [0.25, 0.3) is 0 Å². The van der Waals surface area contributed by atoms with Crippen LogP contribution >= 0.6 is 11.3 Å². The van der Waals surface area contributed by atoms with Crippen molar-refractivity contribution in [1.82, 2.24) is 20.4 Å². The number of amides is 1. The lowest BCUT2D eigenvalue weighted by Gasteiger charge is -2.26. The second kappa shape index (κ2) is 10.5. The Morgan fingerprint density at radius 2 is 2.12 bits per heavy atom. The first-order valence-corrected chi connectivity index (χ1v) is 10.3. The minimum Gasteiger partial charge on any atom is -0.356 e. The average molecular weight is 380 g/mol. The Morgan fingerprint density at radius 1 is 1.35 bits per heavy atom. The number of hydrogen-bond acceptors (Lipinski definition) is 4. The van der Waals surface area contributed by atoms with E-state index in [0.29, 0.717) is 0 Å². The smallest absolute Gasteiger partial charge is 0.239 e. The molecule has 0 aromatic carbocycles. The number of nitrogens with one attached hydrogen (secondary N) is 2. The van der Waals surface area contributed by atoms with E-state index in [9.17, 15) is 4.79 Å². The number of guanidine groups is 1. The number of aliphatic imine (C=N–C) groups is 1. The van der Waals surface area contributed by atoms with Crippen LogP contribution < -0.4 is 10.6 Å². The van der Waals surface area contributed by atoms with Crippen molar-refractivity contribution in [3.8, 4) is 0 Å². The monoisotopic (exact) mass is 379 g/mol. The molecule has 0 aliphatic carbocycles. The number of carbonyl (C=O) groups is 1. The van der Waals surface area contributed by atoms with E-state index >= 15 is 0 Å². The molecule has 1 saturated heterocycles. The fourth-order valence-electron chi connectivity index (χ4n) is 3.26. The van der Waals surface area contributed by atoms with Crippen LogP contribution in [0, 0.1) is 0 Å². The first-order valence-electron chi connectivity index (χ1n) is 9.52. The molecule has 1 unspecified atom stereocenters. The molecule has 2 heterocycles. The summed E-state index contributed by atoms with van der Waals surface area (Å²) in [6.45, 7) is 5.80. The van der Waals surface area contributed by atoms with Gasteiger partial charge in [-0.2, -0.15) is 0 Å². The van der Waals surface area contributed by atoms with Crippen molar-refractivity contribution in [2.24, 2.45) is 4.99 Å². The minimum absolute atomic E-state index is 0.0639. The van der Waals surface area contributed by atoms with Gasteiger partial charge in [0.15, 0.2) is 5.96 Å². The van der Waals surface area contributed by atoms with Gasteiger partial charge in [-0.1, -0.05) is 6.92 Å². The highest BCUT2D eigenvalue weighted by atomic mass is 32.1. The van der Waals surface area contributed by atoms with Crippen LogP contribution in [0.3, 0.4) is 0 Å². The summed E-state index contributed by atoms with van der Waals surface area (Å²) in [6.07, 6.45) is 4.18. The molecule has 26 heavy (non-hydrogen) atoms. The zero-order valence-electron chi connectivity index (χ0n) is 16.5. The van der Waals surface area contributed by atoms with Crippen molar-refractivity contribution >= 4 is 23.2 Å². The molecule has 1 aromatic heterocycles. The molecule has 1 amide bonds. The second-order valence-electron chi connectivity index (χ2n) is 6.85. The van der Waals surface area contributed by atoms with Gasteiger partial charge in [0.05, 0.1) is 12.6 Å². The number of rotatable bonds is 8. The Bertz CT molecular complexity index is 599. The maximum absolute atomic E-state index is 12.2. The summed E-state index contributed by atoms with van der Waals surface area (Å²) in [7, 11) is 5.48. The number of thiophene rings is 1. The van der Waals surface area contributed by atoms with Crippen molar-refractivity contribution < 1.29 is 4.79 Å². The molecule has 0 bridgehead atoms. The Kier molecular flexibility index (Phi) is 8.38. The highest BCUT2D eigenvalue weighted by Gasteiger charge is 2.30. The van der Waals surface area contributed by atoms with Crippen molar-refractivity contribution in [2.75, 3.05) is 40.8 Å². The zero-order valence-corrected chi connectivity index (χ0v) is 17.4. The number of nitrogens with zero attached hydrogens (tertiary/aromatic N) is 3. The Balaban J connectivity index is 1.68. The van der Waals surface area contributed by atoms with Gasteiger partial charge in [-0.15, -0.1) is 11.3 Å². The van der Waals surface area contributed by atoms with E-state index in [2.05, 4.69) is 39.6 Å². The van der Waals surface area contributed by atoms with Crippen LogP contribution in [0.4, 0.5) is 0 Å². The van der Waals surface area contributed by atoms with Crippen LogP contribution in [-0.4, -0.2) is 68.5 Å². The molecule has 1 aliphatic rings. The lowest BCUT2D eigenvalue weighted by Crippen LogP contribution is -2.44. The van der Waals surface area contributed by atoms with Gasteiger partial charge in [0.1, 0.15) is 0 Å². The highest BCUT2D eigenvalue weighted by molar-refractivity contribution is 7.11. The molecule has 0 radical (unpaired) electrons. The number of aryl methyl sites for hydroxylation is 1. The largest absolute Gasteiger partial charge is 0.356 e. The van der Waals surface area contributed by atoms with E-state index in [-0.39, 0.29) is 11.9 Å². The molecule has 2 N–H and O–H groups in total. The normalized spacial score (nSPS) is 18.2. The lowest BCUT2D eigenvalue weighted by atomic mass is 10.2. The number of hydrogen-bond donors (Lipinski definition) is 2. The second-order valence-corrected chi connectivity index (χ2v) is 8.11. The summed E-state index contributed by atoms with van der Waals surface area (Å²) in [6, 6.07) is 4.44. The van der Waals surface area contributed by atoms with E-state index in [0.717, 1.165) is 57.8 Å². The third-order valence-corrected chi connectivity index (χ3v) is 5.95. The molecule has 0 saturated carbocycles. The van der Waals surface area contributed by atoms with Gasteiger partial charge in [-0.3, -0.25) is 14.7 Å². The topological polar surface area (TPSA) is 60.0 Å². The molecule has 1 aliphatic heterocycles. The van der Waals surface area contributed by atoms with Crippen LogP contribution in [0.1, 0.15) is 35.9 Å². The fraction of sp³-hybridized carbons (Fsp3) is 0.684. The number of likely N-dealkylation sites (tertiary alicyclic amines) is 1. The third-order valence-electron chi connectivity index (χ3n) is 4.72. The van der Waals surface area contributed by atoms with Crippen LogP contribution in [0.2, 0.25) is 0 Å². The molecule has 0 spiro atoms. The number of likely N-dealkylation sites (N-methyl/N-ethyl adjacent to an activating group) is 1. The quantitative estimate of drug-likeness (QED) is 0.412. The van der Waals surface area contributed by atoms with Crippen molar-refractivity contribution in [3.05, 3.63) is 21.9 Å². The fourth-order valence-corrected chi connectivity index (χ4v) is 4.16. The first-order chi connectivity index (χ1) is 12.5. The van der Waals surface area contributed by atoms with Gasteiger partial charge in [0.2, 0.25) is 5.91 Å². The molecule has 146 valence electrons. The molecule has 1 fully saturated rings. The summed E-state index contributed by atoms with van der Waals surface area (Å²) in [4.78, 5) is 23.3.